The molecule has 1 aliphatic carbocycles. The zero-order chi connectivity index (χ0) is 13.6. The van der Waals surface area contributed by atoms with Gasteiger partial charge in [0, 0.05) is 18.8 Å². The summed E-state index contributed by atoms with van der Waals surface area (Å²) in [6.07, 6.45) is 6.31. The molecule has 1 rings (SSSR count). The van der Waals surface area contributed by atoms with Crippen molar-refractivity contribution in [3.63, 3.8) is 0 Å². The fraction of sp³-hybridized carbons (Fsp3) is 1.00. The smallest absolute Gasteiger partial charge is 0.374 e. The summed E-state index contributed by atoms with van der Waals surface area (Å²) in [6.45, 7) is 11.7. The Balaban J connectivity index is 2.87. The largest absolute Gasteiger partial charge is 0.504 e. The molecular weight excluding hydrogens is 244 g/mol. The second kappa shape index (κ2) is 7.03. The molecule has 1 saturated carbocycles. The van der Waals surface area contributed by atoms with Gasteiger partial charge >= 0.3 is 8.80 Å². The van der Waals surface area contributed by atoms with Crippen LogP contribution in [0.15, 0.2) is 0 Å². The van der Waals surface area contributed by atoms with E-state index in [1.54, 1.807) is 0 Å². The first-order valence-electron chi connectivity index (χ1n) is 7.41. The first-order valence-corrected chi connectivity index (χ1v) is 9.22. The second-order valence-electron chi connectivity index (χ2n) is 6.02. The summed E-state index contributed by atoms with van der Waals surface area (Å²) in [5, 5.41) is 0. The highest BCUT2D eigenvalue weighted by molar-refractivity contribution is 6.62. The predicted molar refractivity (Wildman–Crippen MR) is 76.7 cm³/mol. The Labute approximate surface area is 114 Å². The lowest BCUT2D eigenvalue weighted by Gasteiger charge is -2.41. The van der Waals surface area contributed by atoms with Crippen molar-refractivity contribution < 1.29 is 13.3 Å². The van der Waals surface area contributed by atoms with E-state index in [2.05, 4.69) is 20.8 Å². The lowest BCUT2D eigenvalue weighted by atomic mass is 10.0. The van der Waals surface area contributed by atoms with Crippen LogP contribution >= 0.6 is 0 Å². The lowest BCUT2D eigenvalue weighted by molar-refractivity contribution is -0.0108. The van der Waals surface area contributed by atoms with Gasteiger partial charge in [0.05, 0.1) is 5.60 Å². The Bertz CT molecular complexity index is 226. The van der Waals surface area contributed by atoms with Gasteiger partial charge in [0.1, 0.15) is 0 Å². The van der Waals surface area contributed by atoms with Gasteiger partial charge in [-0.1, -0.05) is 19.3 Å². The van der Waals surface area contributed by atoms with Crippen LogP contribution in [0.25, 0.3) is 0 Å². The summed E-state index contributed by atoms with van der Waals surface area (Å²) in [5.41, 5.74) is 0.291. The summed E-state index contributed by atoms with van der Waals surface area (Å²) in [7, 11) is -2.53. The molecule has 0 amide bonds. The molecule has 0 heterocycles. The molecule has 0 saturated heterocycles. The SMILES string of the molecule is CCO[Si](OCC)(OC(C)(C)C)C1CCCCC1. The average Bonchev–Trinajstić information content (AvgIpc) is 2.28. The molecule has 0 bridgehead atoms. The highest BCUT2D eigenvalue weighted by atomic mass is 28.4. The van der Waals surface area contributed by atoms with Crippen molar-refractivity contribution in [1.82, 2.24) is 0 Å². The fourth-order valence-electron chi connectivity index (χ4n) is 2.70. The normalized spacial score (nSPS) is 19.2. The maximum atomic E-state index is 6.34. The minimum Gasteiger partial charge on any atom is -0.374 e. The monoisotopic (exact) mass is 274 g/mol. The van der Waals surface area contributed by atoms with Gasteiger partial charge in [-0.25, -0.2) is 0 Å². The summed E-state index contributed by atoms with van der Waals surface area (Å²) >= 11 is 0. The third-order valence-electron chi connectivity index (χ3n) is 3.24. The quantitative estimate of drug-likeness (QED) is 0.681. The molecule has 0 N–H and O–H groups in total. The molecule has 0 aromatic carbocycles. The van der Waals surface area contributed by atoms with Crippen LogP contribution in [0.2, 0.25) is 5.54 Å². The van der Waals surface area contributed by atoms with E-state index in [1.807, 2.05) is 13.8 Å². The summed E-state index contributed by atoms with van der Waals surface area (Å²) in [4.78, 5) is 0. The molecule has 108 valence electrons. The minimum absolute atomic E-state index is 0.200. The highest BCUT2D eigenvalue weighted by Gasteiger charge is 2.51. The van der Waals surface area contributed by atoms with Crippen LogP contribution in [-0.4, -0.2) is 27.6 Å². The summed E-state index contributed by atoms with van der Waals surface area (Å²) in [6, 6.07) is 0. The van der Waals surface area contributed by atoms with E-state index >= 15 is 0 Å². The van der Waals surface area contributed by atoms with Gasteiger partial charge in [-0.2, -0.15) is 0 Å². The molecular formula is C14H30O3Si. The van der Waals surface area contributed by atoms with Gasteiger partial charge in [-0.15, -0.1) is 0 Å². The van der Waals surface area contributed by atoms with E-state index in [9.17, 15) is 0 Å². The molecule has 0 spiro atoms. The van der Waals surface area contributed by atoms with Gasteiger partial charge in [-0.05, 0) is 47.5 Å². The standard InChI is InChI=1S/C14H30O3Si/c1-6-15-18(16-7-2,17-14(3,4)5)13-11-9-8-10-12-13/h13H,6-12H2,1-5H3. The van der Waals surface area contributed by atoms with Gasteiger partial charge in [0.25, 0.3) is 0 Å². The van der Waals surface area contributed by atoms with Gasteiger partial charge < -0.3 is 13.3 Å². The van der Waals surface area contributed by atoms with Gasteiger partial charge in [0.15, 0.2) is 0 Å². The zero-order valence-corrected chi connectivity index (χ0v) is 13.8. The van der Waals surface area contributed by atoms with Crippen LogP contribution < -0.4 is 0 Å². The molecule has 0 atom stereocenters. The van der Waals surface area contributed by atoms with Crippen LogP contribution in [0.1, 0.15) is 66.7 Å². The van der Waals surface area contributed by atoms with Crippen molar-refractivity contribution in [2.24, 2.45) is 0 Å². The van der Waals surface area contributed by atoms with E-state index < -0.39 is 8.80 Å². The maximum Gasteiger partial charge on any atom is 0.504 e. The van der Waals surface area contributed by atoms with E-state index in [1.165, 1.54) is 32.1 Å². The number of rotatable bonds is 6. The Morgan fingerprint density at radius 1 is 0.944 bits per heavy atom. The first-order chi connectivity index (χ1) is 8.43. The predicted octanol–water partition coefficient (Wildman–Crippen LogP) is 4.15. The van der Waals surface area contributed by atoms with Crippen LogP contribution in [0.5, 0.6) is 0 Å². The fourth-order valence-corrected chi connectivity index (χ4v) is 6.32. The van der Waals surface area contributed by atoms with Crippen molar-refractivity contribution in [2.45, 2.75) is 77.9 Å². The van der Waals surface area contributed by atoms with Crippen molar-refractivity contribution >= 4 is 8.80 Å². The van der Waals surface area contributed by atoms with Crippen LogP contribution in [0, 0.1) is 0 Å². The minimum atomic E-state index is -2.53. The topological polar surface area (TPSA) is 27.7 Å². The Kier molecular flexibility index (Phi) is 6.31. The van der Waals surface area contributed by atoms with Gasteiger partial charge in [-0.3, -0.25) is 0 Å². The molecule has 0 aromatic heterocycles. The third kappa shape index (κ3) is 4.65. The van der Waals surface area contributed by atoms with E-state index in [-0.39, 0.29) is 5.60 Å². The molecule has 0 aliphatic heterocycles. The van der Waals surface area contributed by atoms with Crippen molar-refractivity contribution in [3.8, 4) is 0 Å². The van der Waals surface area contributed by atoms with E-state index in [0.29, 0.717) is 18.8 Å². The number of hydrogen-bond donors (Lipinski definition) is 0. The van der Waals surface area contributed by atoms with E-state index in [0.717, 1.165) is 0 Å². The number of hydrogen-bond acceptors (Lipinski definition) is 3. The summed E-state index contributed by atoms with van der Waals surface area (Å²) in [5.74, 6) is 0. The summed E-state index contributed by atoms with van der Waals surface area (Å²) < 4.78 is 18.5. The van der Waals surface area contributed by atoms with Crippen LogP contribution in [0.3, 0.4) is 0 Å². The third-order valence-corrected chi connectivity index (χ3v) is 7.10. The van der Waals surface area contributed by atoms with Crippen molar-refractivity contribution in [1.29, 1.82) is 0 Å². The van der Waals surface area contributed by atoms with Gasteiger partial charge in [0.2, 0.25) is 0 Å². The van der Waals surface area contributed by atoms with Crippen molar-refractivity contribution in [3.05, 3.63) is 0 Å². The van der Waals surface area contributed by atoms with Crippen LogP contribution in [-0.2, 0) is 13.3 Å². The average molecular weight is 274 g/mol. The second-order valence-corrected chi connectivity index (χ2v) is 8.82. The van der Waals surface area contributed by atoms with Crippen LogP contribution in [0.4, 0.5) is 0 Å². The van der Waals surface area contributed by atoms with E-state index in [4.69, 9.17) is 13.3 Å². The molecule has 18 heavy (non-hydrogen) atoms. The molecule has 3 nitrogen and oxygen atoms in total. The van der Waals surface area contributed by atoms with Crippen molar-refractivity contribution in [2.75, 3.05) is 13.2 Å². The molecule has 0 aromatic rings. The zero-order valence-electron chi connectivity index (χ0n) is 12.8. The lowest BCUT2D eigenvalue weighted by Crippen LogP contribution is -2.54. The Morgan fingerprint density at radius 3 is 1.83 bits per heavy atom. The highest BCUT2D eigenvalue weighted by Crippen LogP contribution is 2.40. The Morgan fingerprint density at radius 2 is 1.44 bits per heavy atom. The Hall–Kier alpha value is 0.0969. The molecule has 0 unspecified atom stereocenters. The first kappa shape index (κ1) is 16.2. The molecule has 1 aliphatic rings. The molecule has 4 heteroatoms. The molecule has 0 radical (unpaired) electrons. The molecule has 1 fully saturated rings. The maximum absolute atomic E-state index is 6.34.